The van der Waals surface area contributed by atoms with Crippen LogP contribution in [0.1, 0.15) is 13.3 Å². The number of amides is 1. The third kappa shape index (κ3) is 2.01. The van der Waals surface area contributed by atoms with Crippen molar-refractivity contribution in [1.82, 2.24) is 4.90 Å². The van der Waals surface area contributed by atoms with Crippen LogP contribution in [-0.2, 0) is 37.5 Å². The van der Waals surface area contributed by atoms with Crippen molar-refractivity contribution in [2.24, 2.45) is 0 Å². The Morgan fingerprint density at radius 3 is 2.33 bits per heavy atom. The van der Waals surface area contributed by atoms with Crippen molar-refractivity contribution in [3.05, 3.63) is 6.92 Å². The summed E-state index contributed by atoms with van der Waals surface area (Å²) in [6.45, 7) is 6.55. The molecular weight excluding hydrogens is 191 g/mol. The van der Waals surface area contributed by atoms with Gasteiger partial charge in [0.2, 0.25) is 5.91 Å². The molecule has 1 atom stereocenters. The van der Waals surface area contributed by atoms with Gasteiger partial charge in [-0.05, 0) is 0 Å². The standard InChI is InChI=1S/C6H10NO.Y/c1-5(2)7-4-3-6(7)8;/h5H,1,3-4H2,2H3;/q-1;. The molecule has 0 aliphatic carbocycles. The number of hydrogen-bond acceptors (Lipinski definition) is 1. The van der Waals surface area contributed by atoms with Gasteiger partial charge in [-0.2, -0.15) is 0 Å². The van der Waals surface area contributed by atoms with E-state index in [0.717, 1.165) is 13.0 Å². The molecule has 0 N–H and O–H groups in total. The Labute approximate surface area is 80.9 Å². The van der Waals surface area contributed by atoms with E-state index in [4.69, 9.17) is 0 Å². The molecule has 9 heavy (non-hydrogen) atoms. The molecule has 1 rings (SSSR count). The maximum absolute atomic E-state index is 10.6. The number of hydrogen-bond donors (Lipinski definition) is 0. The van der Waals surface area contributed by atoms with E-state index >= 15 is 0 Å². The molecular formula is C6H10NOY-. The first-order valence-corrected chi connectivity index (χ1v) is 2.84. The van der Waals surface area contributed by atoms with Crippen LogP contribution in [0.25, 0.3) is 0 Å². The third-order valence-electron chi connectivity index (χ3n) is 1.42. The van der Waals surface area contributed by atoms with Gasteiger partial charge in [0.25, 0.3) is 0 Å². The second kappa shape index (κ2) is 3.67. The predicted molar refractivity (Wildman–Crippen MR) is 31.1 cm³/mol. The average molecular weight is 201 g/mol. The van der Waals surface area contributed by atoms with Crippen molar-refractivity contribution in [3.63, 3.8) is 0 Å². The smallest absolute Gasteiger partial charge is 0.222 e. The molecule has 0 spiro atoms. The minimum Gasteiger partial charge on any atom is -0.369 e. The number of β-lactam (4-membered cyclic amide) rings is 1. The summed E-state index contributed by atoms with van der Waals surface area (Å²) >= 11 is 0. The third-order valence-corrected chi connectivity index (χ3v) is 1.42. The van der Waals surface area contributed by atoms with Gasteiger partial charge in [-0.25, -0.2) is 0 Å². The van der Waals surface area contributed by atoms with E-state index in [1.807, 2.05) is 6.92 Å². The summed E-state index contributed by atoms with van der Waals surface area (Å²) in [5, 5.41) is 0. The first-order chi connectivity index (χ1) is 3.72. The van der Waals surface area contributed by atoms with Crippen molar-refractivity contribution >= 4 is 5.91 Å². The fourth-order valence-electron chi connectivity index (χ4n) is 0.798. The zero-order valence-corrected chi connectivity index (χ0v) is 8.47. The average Bonchev–Trinajstić information content (AvgIpc) is 1.61. The monoisotopic (exact) mass is 201 g/mol. The zero-order valence-electron chi connectivity index (χ0n) is 5.63. The molecule has 1 aliphatic rings. The number of carbonyl (C=O) groups is 1. The Kier molecular flexibility index (Phi) is 3.91. The van der Waals surface area contributed by atoms with Crippen LogP contribution in [0, 0.1) is 6.92 Å². The van der Waals surface area contributed by atoms with Crippen LogP contribution in [0.2, 0.25) is 0 Å². The molecule has 1 fully saturated rings. The molecule has 1 aliphatic heterocycles. The van der Waals surface area contributed by atoms with Gasteiger partial charge in [-0.1, -0.05) is 13.0 Å². The van der Waals surface area contributed by atoms with Crippen LogP contribution < -0.4 is 0 Å². The van der Waals surface area contributed by atoms with Gasteiger partial charge in [0.05, 0.1) is 0 Å². The largest absolute Gasteiger partial charge is 0.369 e. The van der Waals surface area contributed by atoms with E-state index < -0.39 is 0 Å². The molecule has 1 saturated heterocycles. The second-order valence-electron chi connectivity index (χ2n) is 2.19. The summed E-state index contributed by atoms with van der Waals surface area (Å²) in [7, 11) is 0. The van der Waals surface area contributed by atoms with E-state index in [9.17, 15) is 4.79 Å². The van der Waals surface area contributed by atoms with Crippen LogP contribution >= 0.6 is 0 Å². The van der Waals surface area contributed by atoms with E-state index in [-0.39, 0.29) is 44.7 Å². The van der Waals surface area contributed by atoms with Crippen molar-refractivity contribution in [3.8, 4) is 0 Å². The second-order valence-corrected chi connectivity index (χ2v) is 2.19. The molecule has 0 aromatic carbocycles. The molecule has 1 radical (unpaired) electrons. The normalized spacial score (nSPS) is 20.2. The fourth-order valence-corrected chi connectivity index (χ4v) is 0.798. The van der Waals surface area contributed by atoms with Gasteiger partial charge in [-0.3, -0.25) is 4.79 Å². The van der Waals surface area contributed by atoms with Crippen molar-refractivity contribution in [1.29, 1.82) is 0 Å². The predicted octanol–water partition coefficient (Wildman–Crippen LogP) is 0.439. The number of carbonyl (C=O) groups excluding carboxylic acids is 1. The summed E-state index contributed by atoms with van der Waals surface area (Å²) in [6.07, 6.45) is 0.722. The Hall–Kier alpha value is 0.574. The summed E-state index contributed by atoms with van der Waals surface area (Å²) in [5.74, 6) is 0.243. The summed E-state index contributed by atoms with van der Waals surface area (Å²) in [6, 6.07) is 0.163. The maximum Gasteiger partial charge on any atom is 0.222 e. The van der Waals surface area contributed by atoms with Crippen LogP contribution in [-0.4, -0.2) is 23.4 Å². The zero-order chi connectivity index (χ0) is 6.15. The van der Waals surface area contributed by atoms with E-state index in [1.165, 1.54) is 0 Å². The molecule has 2 nitrogen and oxygen atoms in total. The Morgan fingerprint density at radius 2 is 2.33 bits per heavy atom. The molecule has 49 valence electrons. The minimum atomic E-state index is 0. The topological polar surface area (TPSA) is 20.3 Å². The van der Waals surface area contributed by atoms with Crippen molar-refractivity contribution in [2.45, 2.75) is 19.4 Å². The molecule has 1 amide bonds. The number of nitrogens with zero attached hydrogens (tertiary/aromatic N) is 1. The Balaban J connectivity index is 0.000000640. The first kappa shape index (κ1) is 9.57. The van der Waals surface area contributed by atoms with Crippen molar-refractivity contribution < 1.29 is 37.5 Å². The molecule has 0 saturated carbocycles. The maximum atomic E-state index is 10.6. The Morgan fingerprint density at radius 1 is 1.78 bits per heavy atom. The van der Waals surface area contributed by atoms with Crippen LogP contribution in [0.15, 0.2) is 0 Å². The SMILES string of the molecule is [CH2-]C(C)N1CCC1=O.[Y]. The van der Waals surface area contributed by atoms with Gasteiger partial charge < -0.3 is 11.8 Å². The van der Waals surface area contributed by atoms with Gasteiger partial charge in [0, 0.05) is 45.7 Å². The first-order valence-electron chi connectivity index (χ1n) is 2.84. The molecule has 0 aromatic rings. The van der Waals surface area contributed by atoms with Gasteiger partial charge >= 0.3 is 0 Å². The molecule has 1 heterocycles. The van der Waals surface area contributed by atoms with Crippen LogP contribution in [0.4, 0.5) is 0 Å². The molecule has 0 bridgehead atoms. The van der Waals surface area contributed by atoms with Gasteiger partial charge in [0.15, 0.2) is 0 Å². The quantitative estimate of drug-likeness (QED) is 0.445. The van der Waals surface area contributed by atoms with Gasteiger partial charge in [0.1, 0.15) is 0 Å². The van der Waals surface area contributed by atoms with Crippen LogP contribution in [0.3, 0.4) is 0 Å². The molecule has 3 heteroatoms. The summed E-state index contributed by atoms with van der Waals surface area (Å²) in [4.78, 5) is 12.3. The molecule has 0 aromatic heterocycles. The van der Waals surface area contributed by atoms with Gasteiger partial charge in [-0.15, -0.1) is 0 Å². The van der Waals surface area contributed by atoms with Crippen molar-refractivity contribution in [2.75, 3.05) is 6.54 Å². The number of likely N-dealkylation sites (tertiary alicyclic amines) is 1. The number of rotatable bonds is 1. The van der Waals surface area contributed by atoms with E-state index in [0.29, 0.717) is 0 Å². The minimum absolute atomic E-state index is 0. The molecule has 1 unspecified atom stereocenters. The fraction of sp³-hybridized carbons (Fsp3) is 0.667. The van der Waals surface area contributed by atoms with E-state index in [1.54, 1.807) is 4.90 Å². The summed E-state index contributed by atoms with van der Waals surface area (Å²) < 4.78 is 0. The summed E-state index contributed by atoms with van der Waals surface area (Å²) in [5.41, 5.74) is 0. The van der Waals surface area contributed by atoms with Crippen LogP contribution in [0.5, 0.6) is 0 Å². The Bertz CT molecular complexity index is 114. The van der Waals surface area contributed by atoms with E-state index in [2.05, 4.69) is 6.92 Å².